The Bertz CT molecular complexity index is 511. The molecule has 0 aromatic heterocycles. The molecule has 1 aliphatic rings. The molecule has 1 fully saturated rings. The van der Waals surface area contributed by atoms with E-state index in [1.807, 2.05) is 12.1 Å². The van der Waals surface area contributed by atoms with E-state index >= 15 is 0 Å². The summed E-state index contributed by atoms with van der Waals surface area (Å²) in [5, 5.41) is 11.3. The van der Waals surface area contributed by atoms with Crippen LogP contribution in [0.1, 0.15) is 25.3 Å². The zero-order chi connectivity index (χ0) is 16.1. The maximum absolute atomic E-state index is 11.3. The molecule has 1 saturated heterocycles. The molecule has 2 rings (SSSR count). The largest absolute Gasteiger partial charge is 0.383 e. The van der Waals surface area contributed by atoms with E-state index in [1.165, 1.54) is 0 Å². The van der Waals surface area contributed by atoms with Gasteiger partial charge in [0.15, 0.2) is 0 Å². The highest BCUT2D eigenvalue weighted by Gasteiger charge is 2.24. The molecule has 0 amide bonds. The van der Waals surface area contributed by atoms with Gasteiger partial charge in [-0.15, -0.1) is 0 Å². The van der Waals surface area contributed by atoms with Gasteiger partial charge in [0.2, 0.25) is 0 Å². The lowest BCUT2D eigenvalue weighted by molar-refractivity contribution is -0.384. The Kier molecular flexibility index (Phi) is 5.74. The number of rotatable bonds is 6. The minimum atomic E-state index is -0.281. The zero-order valence-corrected chi connectivity index (χ0v) is 13.6. The van der Waals surface area contributed by atoms with Gasteiger partial charge in [-0.2, -0.15) is 0 Å². The molecule has 0 spiro atoms. The summed E-state index contributed by atoms with van der Waals surface area (Å²) in [5.74, 6) is 0.363. The van der Waals surface area contributed by atoms with Crippen LogP contribution in [0.5, 0.6) is 0 Å². The highest BCUT2D eigenvalue weighted by Crippen LogP contribution is 2.32. The number of nitro benzene ring substituents is 1. The van der Waals surface area contributed by atoms with Crippen LogP contribution in [0.4, 0.5) is 11.4 Å². The molecule has 0 bridgehead atoms. The van der Waals surface area contributed by atoms with Gasteiger partial charge in [-0.1, -0.05) is 19.9 Å². The number of nitrogens with zero attached hydrogens (tertiary/aromatic N) is 3. The van der Waals surface area contributed by atoms with Crippen LogP contribution in [0.25, 0.3) is 0 Å². The first-order valence-electron chi connectivity index (χ1n) is 7.77. The summed E-state index contributed by atoms with van der Waals surface area (Å²) in [5.41, 5.74) is 2.10. The minimum Gasteiger partial charge on any atom is -0.383 e. The molecule has 6 nitrogen and oxygen atoms in total. The maximum Gasteiger partial charge on any atom is 0.292 e. The highest BCUT2D eigenvalue weighted by molar-refractivity contribution is 5.65. The van der Waals surface area contributed by atoms with E-state index in [2.05, 4.69) is 23.6 Å². The van der Waals surface area contributed by atoms with Crippen molar-refractivity contribution in [2.75, 3.05) is 51.3 Å². The summed E-state index contributed by atoms with van der Waals surface area (Å²) < 4.78 is 5.10. The van der Waals surface area contributed by atoms with Crippen molar-refractivity contribution in [1.29, 1.82) is 0 Å². The lowest BCUT2D eigenvalue weighted by Gasteiger charge is -2.35. The Balaban J connectivity index is 2.14. The van der Waals surface area contributed by atoms with E-state index in [0.29, 0.717) is 5.92 Å². The number of nitro groups is 1. The Hall–Kier alpha value is -1.66. The van der Waals surface area contributed by atoms with Crippen LogP contribution in [0, 0.1) is 10.1 Å². The summed E-state index contributed by atoms with van der Waals surface area (Å²) in [6, 6.07) is 5.48. The number of methoxy groups -OCH3 is 1. The van der Waals surface area contributed by atoms with E-state index in [-0.39, 0.29) is 10.6 Å². The lowest BCUT2D eigenvalue weighted by atomic mass is 10.0. The molecule has 1 heterocycles. The smallest absolute Gasteiger partial charge is 0.292 e. The van der Waals surface area contributed by atoms with Crippen LogP contribution in [-0.2, 0) is 4.74 Å². The fraction of sp³-hybridized carbons (Fsp3) is 0.625. The predicted octanol–water partition coefficient (Wildman–Crippen LogP) is 2.49. The molecular formula is C16H25N3O3. The number of piperazine rings is 1. The molecular weight excluding hydrogens is 282 g/mol. The van der Waals surface area contributed by atoms with Gasteiger partial charge in [0.1, 0.15) is 5.69 Å². The van der Waals surface area contributed by atoms with Gasteiger partial charge < -0.3 is 9.64 Å². The summed E-state index contributed by atoms with van der Waals surface area (Å²) in [7, 11) is 1.71. The van der Waals surface area contributed by atoms with E-state index in [0.717, 1.165) is 50.6 Å². The molecule has 0 N–H and O–H groups in total. The molecule has 6 heteroatoms. The second kappa shape index (κ2) is 7.56. The molecule has 1 aromatic carbocycles. The number of hydrogen-bond donors (Lipinski definition) is 0. The molecule has 0 aliphatic carbocycles. The lowest BCUT2D eigenvalue weighted by Crippen LogP contribution is -2.47. The number of anilines is 1. The van der Waals surface area contributed by atoms with Gasteiger partial charge in [-0.3, -0.25) is 15.0 Å². The normalized spacial score (nSPS) is 16.3. The summed E-state index contributed by atoms with van der Waals surface area (Å²) in [6.45, 7) is 9.29. The first-order chi connectivity index (χ1) is 10.5. The average Bonchev–Trinajstić information content (AvgIpc) is 2.52. The first-order valence-corrected chi connectivity index (χ1v) is 7.77. The third kappa shape index (κ3) is 3.96. The van der Waals surface area contributed by atoms with Crippen LogP contribution < -0.4 is 4.90 Å². The van der Waals surface area contributed by atoms with Crippen molar-refractivity contribution in [3.05, 3.63) is 33.9 Å². The van der Waals surface area contributed by atoms with Crippen molar-refractivity contribution in [3.63, 3.8) is 0 Å². The molecule has 122 valence electrons. The van der Waals surface area contributed by atoms with Gasteiger partial charge in [0.25, 0.3) is 5.69 Å². The summed E-state index contributed by atoms with van der Waals surface area (Å²) in [4.78, 5) is 15.5. The summed E-state index contributed by atoms with van der Waals surface area (Å²) >= 11 is 0. The molecule has 0 unspecified atom stereocenters. The summed E-state index contributed by atoms with van der Waals surface area (Å²) in [6.07, 6.45) is 0. The molecule has 22 heavy (non-hydrogen) atoms. The Labute approximate surface area is 131 Å². The predicted molar refractivity (Wildman–Crippen MR) is 87.7 cm³/mol. The van der Waals surface area contributed by atoms with Gasteiger partial charge in [0, 0.05) is 45.9 Å². The van der Waals surface area contributed by atoms with Crippen molar-refractivity contribution in [3.8, 4) is 0 Å². The Morgan fingerprint density at radius 3 is 2.50 bits per heavy atom. The third-order valence-electron chi connectivity index (χ3n) is 4.19. The fourth-order valence-corrected chi connectivity index (χ4v) is 2.74. The van der Waals surface area contributed by atoms with Crippen LogP contribution in [0.3, 0.4) is 0 Å². The quantitative estimate of drug-likeness (QED) is 0.597. The monoisotopic (exact) mass is 307 g/mol. The fourth-order valence-electron chi connectivity index (χ4n) is 2.74. The SMILES string of the molecule is COCCN1CCN(c2cc(C(C)C)ccc2[N+](=O)[O-])CC1. The van der Waals surface area contributed by atoms with Gasteiger partial charge >= 0.3 is 0 Å². The van der Waals surface area contributed by atoms with Crippen molar-refractivity contribution in [1.82, 2.24) is 4.90 Å². The minimum absolute atomic E-state index is 0.203. The third-order valence-corrected chi connectivity index (χ3v) is 4.19. The second-order valence-corrected chi connectivity index (χ2v) is 5.98. The zero-order valence-electron chi connectivity index (χ0n) is 13.6. The van der Waals surface area contributed by atoms with Crippen molar-refractivity contribution in [2.24, 2.45) is 0 Å². The maximum atomic E-state index is 11.3. The Morgan fingerprint density at radius 2 is 1.95 bits per heavy atom. The molecule has 1 aliphatic heterocycles. The van der Waals surface area contributed by atoms with Crippen molar-refractivity contribution in [2.45, 2.75) is 19.8 Å². The molecule has 0 atom stereocenters. The second-order valence-electron chi connectivity index (χ2n) is 5.98. The highest BCUT2D eigenvalue weighted by atomic mass is 16.6. The van der Waals surface area contributed by atoms with Crippen LogP contribution in [0.2, 0.25) is 0 Å². The molecule has 0 radical (unpaired) electrons. The van der Waals surface area contributed by atoms with E-state index in [4.69, 9.17) is 4.74 Å². The molecule has 0 saturated carbocycles. The van der Waals surface area contributed by atoms with E-state index in [1.54, 1.807) is 13.2 Å². The number of hydrogen-bond acceptors (Lipinski definition) is 5. The van der Waals surface area contributed by atoms with Crippen LogP contribution >= 0.6 is 0 Å². The molecule has 1 aromatic rings. The first kappa shape index (κ1) is 16.7. The van der Waals surface area contributed by atoms with E-state index < -0.39 is 0 Å². The van der Waals surface area contributed by atoms with Gasteiger partial charge in [-0.25, -0.2) is 0 Å². The van der Waals surface area contributed by atoms with Crippen LogP contribution in [-0.4, -0.2) is 56.3 Å². The van der Waals surface area contributed by atoms with E-state index in [9.17, 15) is 10.1 Å². The standard InChI is InChI=1S/C16H25N3O3/c1-13(2)14-4-5-15(19(20)21)16(12-14)18-8-6-17(7-9-18)10-11-22-3/h4-5,12-13H,6-11H2,1-3H3. The Morgan fingerprint density at radius 1 is 1.27 bits per heavy atom. The van der Waals surface area contributed by atoms with Gasteiger partial charge in [-0.05, 0) is 17.5 Å². The van der Waals surface area contributed by atoms with Gasteiger partial charge in [0.05, 0.1) is 11.5 Å². The van der Waals surface area contributed by atoms with Crippen molar-refractivity contribution >= 4 is 11.4 Å². The average molecular weight is 307 g/mol. The van der Waals surface area contributed by atoms with Crippen LogP contribution in [0.15, 0.2) is 18.2 Å². The topological polar surface area (TPSA) is 58.8 Å². The van der Waals surface area contributed by atoms with Crippen molar-refractivity contribution < 1.29 is 9.66 Å². The number of ether oxygens (including phenoxy) is 1. The number of benzene rings is 1.